The van der Waals surface area contributed by atoms with Crippen LogP contribution in [0.25, 0.3) is 27.4 Å². The number of carbonyl (C=O) groups excluding carboxylic acids is 1. The third kappa shape index (κ3) is 3.61. The molecule has 0 saturated carbocycles. The SMILES string of the molecule is Cc1cc2c(cc1Cl)[nH]c1ccc(C3=CCN(C(=O)OC(C)(C)C)CC3)cc12. The van der Waals surface area contributed by atoms with Crippen LogP contribution in [0.4, 0.5) is 4.79 Å². The van der Waals surface area contributed by atoms with Gasteiger partial charge in [0.1, 0.15) is 5.60 Å². The molecule has 0 aliphatic carbocycles. The standard InChI is InChI=1S/C23H25ClN2O2/c1-14-11-17-18-12-16(5-6-20(18)25-21(17)13-19(14)24)15-7-9-26(10-8-15)22(27)28-23(2,3)4/h5-7,11-13,25H,8-10H2,1-4H3. The molecule has 0 atom stereocenters. The zero-order chi connectivity index (χ0) is 20.1. The predicted octanol–water partition coefficient (Wildman–Crippen LogP) is 6.31. The maximum Gasteiger partial charge on any atom is 0.410 e. The molecule has 1 aliphatic rings. The number of aryl methyl sites for hydroxylation is 1. The summed E-state index contributed by atoms with van der Waals surface area (Å²) in [4.78, 5) is 17.5. The summed E-state index contributed by atoms with van der Waals surface area (Å²) in [6.45, 7) is 8.94. The van der Waals surface area contributed by atoms with Gasteiger partial charge in [-0.25, -0.2) is 4.79 Å². The molecule has 4 rings (SSSR count). The highest BCUT2D eigenvalue weighted by Crippen LogP contribution is 2.33. The van der Waals surface area contributed by atoms with Crippen LogP contribution in [0.15, 0.2) is 36.4 Å². The van der Waals surface area contributed by atoms with E-state index in [2.05, 4.69) is 35.3 Å². The fourth-order valence-corrected chi connectivity index (χ4v) is 3.82. The molecule has 5 heteroatoms. The van der Waals surface area contributed by atoms with Crippen LogP contribution in [-0.4, -0.2) is 34.7 Å². The number of nitrogens with one attached hydrogen (secondary N) is 1. The first-order valence-electron chi connectivity index (χ1n) is 9.60. The Balaban J connectivity index is 1.62. The van der Waals surface area contributed by atoms with Gasteiger partial charge in [0.05, 0.1) is 0 Å². The molecule has 0 unspecified atom stereocenters. The molecule has 146 valence electrons. The summed E-state index contributed by atoms with van der Waals surface area (Å²) in [6.07, 6.45) is 2.70. The molecule has 1 aromatic heterocycles. The van der Waals surface area contributed by atoms with E-state index in [1.165, 1.54) is 21.9 Å². The number of hydrogen-bond acceptors (Lipinski definition) is 2. The molecule has 0 bridgehead atoms. The van der Waals surface area contributed by atoms with Crippen molar-refractivity contribution in [3.05, 3.63) is 52.6 Å². The minimum absolute atomic E-state index is 0.248. The number of aromatic amines is 1. The van der Waals surface area contributed by atoms with Crippen LogP contribution in [0, 0.1) is 6.92 Å². The first-order chi connectivity index (χ1) is 13.2. The minimum atomic E-state index is -0.470. The molecule has 1 aliphatic heterocycles. The van der Waals surface area contributed by atoms with Crippen molar-refractivity contribution in [3.63, 3.8) is 0 Å². The molecule has 0 fully saturated rings. The lowest BCUT2D eigenvalue weighted by Crippen LogP contribution is -2.39. The molecule has 2 aromatic carbocycles. The Morgan fingerprint density at radius 3 is 2.57 bits per heavy atom. The molecule has 0 spiro atoms. The zero-order valence-corrected chi connectivity index (χ0v) is 17.5. The van der Waals surface area contributed by atoms with Crippen LogP contribution >= 0.6 is 11.6 Å². The number of halogens is 1. The summed E-state index contributed by atoms with van der Waals surface area (Å²) in [5, 5.41) is 3.16. The fourth-order valence-electron chi connectivity index (χ4n) is 3.65. The van der Waals surface area contributed by atoms with Crippen molar-refractivity contribution in [2.24, 2.45) is 0 Å². The van der Waals surface area contributed by atoms with E-state index in [4.69, 9.17) is 16.3 Å². The minimum Gasteiger partial charge on any atom is -0.444 e. The van der Waals surface area contributed by atoms with E-state index in [0.717, 1.165) is 28.0 Å². The van der Waals surface area contributed by atoms with E-state index < -0.39 is 5.60 Å². The Kier molecular flexibility index (Phi) is 4.62. The lowest BCUT2D eigenvalue weighted by atomic mass is 9.97. The predicted molar refractivity (Wildman–Crippen MR) is 116 cm³/mol. The highest BCUT2D eigenvalue weighted by Gasteiger charge is 2.24. The Morgan fingerprint density at radius 2 is 1.89 bits per heavy atom. The summed E-state index contributed by atoms with van der Waals surface area (Å²) < 4.78 is 5.48. The first kappa shape index (κ1) is 18.9. The summed E-state index contributed by atoms with van der Waals surface area (Å²) in [5.74, 6) is 0. The van der Waals surface area contributed by atoms with Crippen molar-refractivity contribution in [3.8, 4) is 0 Å². The van der Waals surface area contributed by atoms with Gasteiger partial charge in [-0.05, 0) is 75.1 Å². The third-order valence-corrected chi connectivity index (χ3v) is 5.52. The van der Waals surface area contributed by atoms with Crippen molar-refractivity contribution in [2.45, 2.75) is 39.7 Å². The molecular weight excluding hydrogens is 372 g/mol. The number of nitrogens with zero attached hydrogens (tertiary/aromatic N) is 1. The second kappa shape index (κ2) is 6.85. The Labute approximate surface area is 170 Å². The normalized spacial score (nSPS) is 15.2. The summed E-state index contributed by atoms with van der Waals surface area (Å²) in [7, 11) is 0. The van der Waals surface area contributed by atoms with Crippen molar-refractivity contribution in [1.29, 1.82) is 0 Å². The van der Waals surface area contributed by atoms with Crippen molar-refractivity contribution < 1.29 is 9.53 Å². The van der Waals surface area contributed by atoms with Crippen molar-refractivity contribution >= 4 is 45.1 Å². The van der Waals surface area contributed by atoms with Gasteiger partial charge in [0.25, 0.3) is 0 Å². The van der Waals surface area contributed by atoms with Crippen LogP contribution in [0.2, 0.25) is 5.02 Å². The van der Waals surface area contributed by atoms with Crippen LogP contribution in [-0.2, 0) is 4.74 Å². The van der Waals surface area contributed by atoms with E-state index in [0.29, 0.717) is 13.1 Å². The fraction of sp³-hybridized carbons (Fsp3) is 0.348. The average molecular weight is 397 g/mol. The largest absolute Gasteiger partial charge is 0.444 e. The van der Waals surface area contributed by atoms with Gasteiger partial charge in [0, 0.05) is 39.9 Å². The molecule has 3 aromatic rings. The number of amides is 1. The second-order valence-electron chi connectivity index (χ2n) is 8.44. The van der Waals surface area contributed by atoms with E-state index in [1.54, 1.807) is 4.90 Å². The number of aromatic nitrogens is 1. The highest BCUT2D eigenvalue weighted by atomic mass is 35.5. The second-order valence-corrected chi connectivity index (χ2v) is 8.85. The maximum absolute atomic E-state index is 12.3. The number of H-pyrrole nitrogens is 1. The van der Waals surface area contributed by atoms with Gasteiger partial charge in [-0.1, -0.05) is 23.7 Å². The molecule has 4 nitrogen and oxygen atoms in total. The van der Waals surface area contributed by atoms with Gasteiger partial charge in [-0.3, -0.25) is 0 Å². The zero-order valence-electron chi connectivity index (χ0n) is 16.7. The van der Waals surface area contributed by atoms with Crippen LogP contribution in [0.1, 0.15) is 38.3 Å². The molecule has 2 heterocycles. The highest BCUT2D eigenvalue weighted by molar-refractivity contribution is 6.32. The number of hydrogen-bond donors (Lipinski definition) is 1. The number of benzene rings is 2. The van der Waals surface area contributed by atoms with Gasteiger partial charge in [0.15, 0.2) is 0 Å². The van der Waals surface area contributed by atoms with E-state index in [9.17, 15) is 4.79 Å². The summed E-state index contributed by atoms with van der Waals surface area (Å²) in [6, 6.07) is 10.6. The van der Waals surface area contributed by atoms with Crippen molar-refractivity contribution in [2.75, 3.05) is 13.1 Å². The summed E-state index contributed by atoms with van der Waals surface area (Å²) in [5.41, 5.74) is 5.23. The Morgan fingerprint density at radius 1 is 1.14 bits per heavy atom. The first-order valence-corrected chi connectivity index (χ1v) is 9.98. The van der Waals surface area contributed by atoms with Crippen LogP contribution in [0.3, 0.4) is 0 Å². The smallest absolute Gasteiger partial charge is 0.410 e. The van der Waals surface area contributed by atoms with E-state index in [-0.39, 0.29) is 6.09 Å². The Hall–Kier alpha value is -2.46. The number of fused-ring (bicyclic) bond motifs is 3. The van der Waals surface area contributed by atoms with Crippen LogP contribution in [0.5, 0.6) is 0 Å². The number of ether oxygens (including phenoxy) is 1. The molecule has 28 heavy (non-hydrogen) atoms. The maximum atomic E-state index is 12.3. The third-order valence-electron chi connectivity index (χ3n) is 5.11. The monoisotopic (exact) mass is 396 g/mol. The van der Waals surface area contributed by atoms with E-state index >= 15 is 0 Å². The van der Waals surface area contributed by atoms with Gasteiger partial charge in [-0.2, -0.15) is 0 Å². The molecule has 1 amide bonds. The molecule has 0 saturated heterocycles. The summed E-state index contributed by atoms with van der Waals surface area (Å²) >= 11 is 6.28. The molecule has 1 N–H and O–H groups in total. The lowest BCUT2D eigenvalue weighted by Gasteiger charge is -2.29. The molecule has 0 radical (unpaired) electrons. The van der Waals surface area contributed by atoms with Gasteiger partial charge < -0.3 is 14.6 Å². The van der Waals surface area contributed by atoms with Crippen molar-refractivity contribution in [1.82, 2.24) is 9.88 Å². The number of carbonyl (C=O) groups is 1. The lowest BCUT2D eigenvalue weighted by molar-refractivity contribution is 0.0270. The Bertz CT molecular complexity index is 1110. The average Bonchev–Trinajstić information content (AvgIpc) is 2.97. The van der Waals surface area contributed by atoms with Crippen LogP contribution < -0.4 is 0 Å². The van der Waals surface area contributed by atoms with E-state index in [1.807, 2.05) is 33.8 Å². The quantitative estimate of drug-likeness (QED) is 0.524. The van der Waals surface area contributed by atoms with Gasteiger partial charge in [-0.15, -0.1) is 0 Å². The topological polar surface area (TPSA) is 45.3 Å². The molecular formula is C23H25ClN2O2. The van der Waals surface area contributed by atoms with Gasteiger partial charge in [0.2, 0.25) is 0 Å². The van der Waals surface area contributed by atoms with Gasteiger partial charge >= 0.3 is 6.09 Å². The number of rotatable bonds is 1.